The Bertz CT molecular complexity index is 362. The molecule has 1 atom stereocenters. The molecule has 0 N–H and O–H groups in total. The van der Waals surface area contributed by atoms with Gasteiger partial charge in [-0.3, -0.25) is 9.48 Å². The highest BCUT2D eigenvalue weighted by Gasteiger charge is 2.22. The molecule has 0 aliphatic rings. The summed E-state index contributed by atoms with van der Waals surface area (Å²) in [5.41, 5.74) is 1.04. The van der Waals surface area contributed by atoms with E-state index in [2.05, 4.69) is 21.0 Å². The summed E-state index contributed by atoms with van der Waals surface area (Å²) in [4.78, 5) is 13.5. The van der Waals surface area contributed by atoms with Crippen LogP contribution in [-0.4, -0.2) is 32.5 Å². The third kappa shape index (κ3) is 3.33. The van der Waals surface area contributed by atoms with Gasteiger partial charge in [0, 0.05) is 32.4 Å². The van der Waals surface area contributed by atoms with E-state index in [1.165, 1.54) is 0 Å². The van der Waals surface area contributed by atoms with Crippen molar-refractivity contribution in [2.45, 2.75) is 25.2 Å². The number of carbonyl (C=O) groups is 1. The van der Waals surface area contributed by atoms with E-state index in [4.69, 9.17) is 0 Å². The van der Waals surface area contributed by atoms with E-state index in [0.717, 1.165) is 5.56 Å². The summed E-state index contributed by atoms with van der Waals surface area (Å²) < 4.78 is 1.74. The topological polar surface area (TPSA) is 38.1 Å². The number of carbonyl (C=O) groups excluding carboxylic acids is 1. The maximum Gasteiger partial charge on any atom is 0.236 e. The minimum Gasteiger partial charge on any atom is -0.340 e. The average Bonchev–Trinajstić information content (AvgIpc) is 2.61. The SMILES string of the molecule is CC(C)C(Br)C(=O)N(C)Cc1cnn(C)c1. The Hall–Kier alpha value is -0.840. The fraction of sp³-hybridized carbons (Fsp3) is 0.636. The summed E-state index contributed by atoms with van der Waals surface area (Å²) in [5, 5.41) is 4.08. The second-order valence-electron chi connectivity index (χ2n) is 4.36. The molecule has 1 rings (SSSR count). The lowest BCUT2D eigenvalue weighted by Gasteiger charge is -2.21. The van der Waals surface area contributed by atoms with Crippen LogP contribution in [0.5, 0.6) is 0 Å². The Labute approximate surface area is 105 Å². The molecule has 0 aliphatic carbocycles. The van der Waals surface area contributed by atoms with E-state index in [9.17, 15) is 4.79 Å². The summed E-state index contributed by atoms with van der Waals surface area (Å²) in [6.45, 7) is 4.64. The van der Waals surface area contributed by atoms with Crippen LogP contribution in [0.4, 0.5) is 0 Å². The highest BCUT2D eigenvalue weighted by molar-refractivity contribution is 9.10. The molecule has 90 valence electrons. The van der Waals surface area contributed by atoms with Crippen molar-refractivity contribution < 1.29 is 4.79 Å². The molecule has 4 nitrogen and oxygen atoms in total. The zero-order chi connectivity index (χ0) is 12.3. The maximum atomic E-state index is 11.9. The molecule has 5 heteroatoms. The van der Waals surface area contributed by atoms with Crippen LogP contribution >= 0.6 is 15.9 Å². The first-order valence-electron chi connectivity index (χ1n) is 5.28. The average molecular weight is 288 g/mol. The molecule has 0 aliphatic heterocycles. The fourth-order valence-electron chi connectivity index (χ4n) is 1.40. The van der Waals surface area contributed by atoms with Crippen LogP contribution in [0.3, 0.4) is 0 Å². The summed E-state index contributed by atoms with van der Waals surface area (Å²) in [6, 6.07) is 0. The Morgan fingerprint density at radius 3 is 2.69 bits per heavy atom. The van der Waals surface area contributed by atoms with Gasteiger partial charge in [-0.1, -0.05) is 29.8 Å². The van der Waals surface area contributed by atoms with Gasteiger partial charge in [0.15, 0.2) is 0 Å². The van der Waals surface area contributed by atoms with Crippen molar-refractivity contribution in [1.82, 2.24) is 14.7 Å². The first kappa shape index (κ1) is 13.2. The molecule has 1 amide bonds. The highest BCUT2D eigenvalue weighted by Crippen LogP contribution is 2.15. The van der Waals surface area contributed by atoms with Gasteiger partial charge in [-0.05, 0) is 5.92 Å². The standard InChI is InChI=1S/C11H18BrN3O/c1-8(2)10(12)11(16)14(3)6-9-5-13-15(4)7-9/h5,7-8,10H,6H2,1-4H3. The van der Waals surface area contributed by atoms with Gasteiger partial charge in [0.05, 0.1) is 11.0 Å². The maximum absolute atomic E-state index is 11.9. The minimum atomic E-state index is -0.117. The molecule has 0 spiro atoms. The second kappa shape index (κ2) is 5.48. The number of hydrogen-bond acceptors (Lipinski definition) is 2. The van der Waals surface area contributed by atoms with E-state index in [-0.39, 0.29) is 10.7 Å². The largest absolute Gasteiger partial charge is 0.340 e. The van der Waals surface area contributed by atoms with Gasteiger partial charge < -0.3 is 4.90 Å². The third-order valence-electron chi connectivity index (χ3n) is 2.38. The van der Waals surface area contributed by atoms with Crippen molar-refractivity contribution in [2.75, 3.05) is 7.05 Å². The Balaban J connectivity index is 2.58. The first-order chi connectivity index (χ1) is 7.41. The Morgan fingerprint density at radius 1 is 1.62 bits per heavy atom. The molecule has 1 aromatic heterocycles. The van der Waals surface area contributed by atoms with Crippen LogP contribution in [0.1, 0.15) is 19.4 Å². The number of alkyl halides is 1. The number of hydrogen-bond donors (Lipinski definition) is 0. The van der Waals surface area contributed by atoms with Gasteiger partial charge in [0.2, 0.25) is 5.91 Å². The molecular weight excluding hydrogens is 270 g/mol. The van der Waals surface area contributed by atoms with Gasteiger partial charge >= 0.3 is 0 Å². The monoisotopic (exact) mass is 287 g/mol. The summed E-state index contributed by atoms with van der Waals surface area (Å²) in [7, 11) is 3.68. The zero-order valence-electron chi connectivity index (χ0n) is 10.1. The van der Waals surface area contributed by atoms with E-state index in [0.29, 0.717) is 12.5 Å². The lowest BCUT2D eigenvalue weighted by atomic mass is 10.1. The summed E-state index contributed by atoms with van der Waals surface area (Å²) >= 11 is 3.41. The van der Waals surface area contributed by atoms with Gasteiger partial charge in [-0.25, -0.2) is 0 Å². The van der Waals surface area contributed by atoms with Crippen LogP contribution < -0.4 is 0 Å². The summed E-state index contributed by atoms with van der Waals surface area (Å²) in [5.74, 6) is 0.405. The number of aromatic nitrogens is 2. The van der Waals surface area contributed by atoms with Crippen LogP contribution in [0.15, 0.2) is 12.4 Å². The van der Waals surface area contributed by atoms with E-state index < -0.39 is 0 Å². The molecule has 0 saturated heterocycles. The highest BCUT2D eigenvalue weighted by atomic mass is 79.9. The first-order valence-corrected chi connectivity index (χ1v) is 6.20. The Morgan fingerprint density at radius 2 is 2.25 bits per heavy atom. The van der Waals surface area contributed by atoms with Crippen LogP contribution in [0, 0.1) is 5.92 Å². The molecule has 0 fully saturated rings. The van der Waals surface area contributed by atoms with Gasteiger partial charge in [-0.2, -0.15) is 5.10 Å². The van der Waals surface area contributed by atoms with Gasteiger partial charge in [-0.15, -0.1) is 0 Å². The van der Waals surface area contributed by atoms with Crippen molar-refractivity contribution in [3.8, 4) is 0 Å². The van der Waals surface area contributed by atoms with E-state index >= 15 is 0 Å². The molecule has 16 heavy (non-hydrogen) atoms. The quantitative estimate of drug-likeness (QED) is 0.792. The molecule has 0 aromatic carbocycles. The third-order valence-corrected chi connectivity index (χ3v) is 3.82. The second-order valence-corrected chi connectivity index (χ2v) is 5.35. The molecule has 1 heterocycles. The molecule has 0 bridgehead atoms. The number of nitrogens with zero attached hydrogens (tertiary/aromatic N) is 3. The molecule has 0 saturated carbocycles. The molecule has 1 aromatic rings. The van der Waals surface area contributed by atoms with Crippen molar-refractivity contribution in [3.63, 3.8) is 0 Å². The Kier molecular flexibility index (Phi) is 4.53. The van der Waals surface area contributed by atoms with Crippen molar-refractivity contribution in [2.24, 2.45) is 13.0 Å². The molecule has 1 unspecified atom stereocenters. The number of amides is 1. The predicted molar refractivity (Wildman–Crippen MR) is 67.2 cm³/mol. The lowest BCUT2D eigenvalue weighted by Crippen LogP contribution is -2.35. The fourth-order valence-corrected chi connectivity index (χ4v) is 1.75. The van der Waals surface area contributed by atoms with E-state index in [1.807, 2.05) is 34.1 Å². The van der Waals surface area contributed by atoms with Crippen LogP contribution in [0.25, 0.3) is 0 Å². The number of halogens is 1. The minimum absolute atomic E-state index is 0.110. The van der Waals surface area contributed by atoms with E-state index in [1.54, 1.807) is 15.8 Å². The smallest absolute Gasteiger partial charge is 0.236 e. The predicted octanol–water partition coefficient (Wildman–Crippen LogP) is 1.80. The van der Waals surface area contributed by atoms with Crippen LogP contribution in [-0.2, 0) is 18.4 Å². The van der Waals surface area contributed by atoms with Gasteiger partial charge in [0.25, 0.3) is 0 Å². The number of aryl methyl sites for hydroxylation is 1. The molecular formula is C11H18BrN3O. The van der Waals surface area contributed by atoms with Crippen LogP contribution in [0.2, 0.25) is 0 Å². The van der Waals surface area contributed by atoms with Crippen molar-refractivity contribution in [3.05, 3.63) is 18.0 Å². The zero-order valence-corrected chi connectivity index (χ0v) is 11.7. The van der Waals surface area contributed by atoms with Crippen molar-refractivity contribution >= 4 is 21.8 Å². The number of rotatable bonds is 4. The lowest BCUT2D eigenvalue weighted by molar-refractivity contribution is -0.130. The normalized spacial score (nSPS) is 12.9. The molecule has 0 radical (unpaired) electrons. The van der Waals surface area contributed by atoms with Gasteiger partial charge in [0.1, 0.15) is 0 Å². The summed E-state index contributed by atoms with van der Waals surface area (Å²) in [6.07, 6.45) is 3.70. The van der Waals surface area contributed by atoms with Crippen molar-refractivity contribution in [1.29, 1.82) is 0 Å².